The lowest BCUT2D eigenvalue weighted by Crippen LogP contribution is -2.26. The maximum atomic E-state index is 10.8. The highest BCUT2D eigenvalue weighted by Gasteiger charge is 1.99. The van der Waals surface area contributed by atoms with E-state index >= 15 is 0 Å². The third-order valence-electron chi connectivity index (χ3n) is 1.44. The third kappa shape index (κ3) is 4.24. The quantitative estimate of drug-likeness (QED) is 0.846. The first kappa shape index (κ1) is 11.2. The van der Waals surface area contributed by atoms with Crippen LogP contribution in [0.5, 0.6) is 0 Å². The fourth-order valence-electron chi connectivity index (χ4n) is 0.858. The summed E-state index contributed by atoms with van der Waals surface area (Å²) >= 11 is 8.18. The molecule has 1 heterocycles. The second-order valence-corrected chi connectivity index (χ2v) is 5.55. The SMILES string of the molecule is O=C(CBr)NCCc1ccc(Br)s1. The van der Waals surface area contributed by atoms with E-state index in [1.165, 1.54) is 4.88 Å². The summed E-state index contributed by atoms with van der Waals surface area (Å²) in [5.41, 5.74) is 0. The van der Waals surface area contributed by atoms with Crippen LogP contribution in [0.2, 0.25) is 0 Å². The van der Waals surface area contributed by atoms with Crippen molar-refractivity contribution in [3.8, 4) is 0 Å². The van der Waals surface area contributed by atoms with Gasteiger partial charge in [-0.3, -0.25) is 4.79 Å². The van der Waals surface area contributed by atoms with E-state index in [1.807, 2.05) is 6.07 Å². The number of alkyl halides is 1. The lowest BCUT2D eigenvalue weighted by molar-refractivity contribution is -0.118. The summed E-state index contributed by atoms with van der Waals surface area (Å²) in [6.45, 7) is 0.706. The van der Waals surface area contributed by atoms with E-state index in [9.17, 15) is 4.79 Å². The van der Waals surface area contributed by atoms with Gasteiger partial charge in [-0.2, -0.15) is 0 Å². The molecular formula is C8H9Br2NOS. The van der Waals surface area contributed by atoms with Crippen molar-refractivity contribution in [2.24, 2.45) is 0 Å². The lowest BCUT2D eigenvalue weighted by atomic mass is 10.3. The van der Waals surface area contributed by atoms with Crippen LogP contribution in [0.4, 0.5) is 0 Å². The van der Waals surface area contributed by atoms with Gasteiger partial charge >= 0.3 is 0 Å². The van der Waals surface area contributed by atoms with Crippen LogP contribution in [-0.4, -0.2) is 17.8 Å². The Morgan fingerprint density at radius 1 is 1.54 bits per heavy atom. The standard InChI is InChI=1S/C8H9Br2NOS/c9-5-8(12)11-4-3-6-1-2-7(10)13-6/h1-2H,3-5H2,(H,11,12). The Bertz CT molecular complexity index is 287. The predicted octanol–water partition coefficient (Wildman–Crippen LogP) is 2.56. The molecule has 13 heavy (non-hydrogen) atoms. The van der Waals surface area contributed by atoms with Crippen LogP contribution in [0.25, 0.3) is 0 Å². The second-order valence-electron chi connectivity index (χ2n) is 2.44. The number of carbonyl (C=O) groups excluding carboxylic acids is 1. The van der Waals surface area contributed by atoms with E-state index in [0.717, 1.165) is 10.2 Å². The van der Waals surface area contributed by atoms with Crippen LogP contribution in [0.1, 0.15) is 4.88 Å². The van der Waals surface area contributed by atoms with Gasteiger partial charge in [-0.1, -0.05) is 15.9 Å². The van der Waals surface area contributed by atoms with Crippen LogP contribution < -0.4 is 5.32 Å². The summed E-state index contributed by atoms with van der Waals surface area (Å²) in [6, 6.07) is 4.08. The first-order valence-corrected chi connectivity index (χ1v) is 6.52. The minimum absolute atomic E-state index is 0.0376. The van der Waals surface area contributed by atoms with E-state index in [0.29, 0.717) is 11.9 Å². The van der Waals surface area contributed by atoms with E-state index in [2.05, 4.69) is 43.2 Å². The van der Waals surface area contributed by atoms with Crippen molar-refractivity contribution in [3.05, 3.63) is 20.8 Å². The summed E-state index contributed by atoms with van der Waals surface area (Å²) in [6.07, 6.45) is 0.898. The Morgan fingerprint density at radius 2 is 2.31 bits per heavy atom. The van der Waals surface area contributed by atoms with Crippen LogP contribution in [0, 0.1) is 0 Å². The Labute approximate surface area is 98.0 Å². The number of hydrogen-bond donors (Lipinski definition) is 1. The van der Waals surface area contributed by atoms with Gasteiger partial charge in [0.15, 0.2) is 0 Å². The average Bonchev–Trinajstić information content (AvgIpc) is 2.51. The molecule has 0 aliphatic heterocycles. The zero-order valence-electron chi connectivity index (χ0n) is 6.85. The summed E-state index contributed by atoms with van der Waals surface area (Å²) < 4.78 is 1.13. The summed E-state index contributed by atoms with van der Waals surface area (Å²) in [5.74, 6) is 0.0376. The topological polar surface area (TPSA) is 29.1 Å². The number of halogens is 2. The van der Waals surface area contributed by atoms with Gasteiger partial charge in [-0.25, -0.2) is 0 Å². The van der Waals surface area contributed by atoms with Crippen LogP contribution >= 0.6 is 43.2 Å². The maximum Gasteiger partial charge on any atom is 0.230 e. The highest BCUT2D eigenvalue weighted by Crippen LogP contribution is 2.21. The van der Waals surface area contributed by atoms with Gasteiger partial charge < -0.3 is 5.32 Å². The molecule has 0 aliphatic rings. The van der Waals surface area contributed by atoms with Gasteiger partial charge in [-0.05, 0) is 34.5 Å². The molecule has 0 aromatic carbocycles. The molecule has 0 unspecified atom stereocenters. The normalized spacial score (nSPS) is 10.0. The minimum atomic E-state index is 0.0376. The molecule has 0 saturated heterocycles. The highest BCUT2D eigenvalue weighted by molar-refractivity contribution is 9.11. The van der Waals surface area contributed by atoms with Crippen molar-refractivity contribution < 1.29 is 4.79 Å². The van der Waals surface area contributed by atoms with Gasteiger partial charge in [0.05, 0.1) is 9.12 Å². The molecule has 0 radical (unpaired) electrons. The van der Waals surface area contributed by atoms with Crippen molar-refractivity contribution in [2.75, 3.05) is 11.9 Å². The molecule has 0 bridgehead atoms. The van der Waals surface area contributed by atoms with E-state index < -0.39 is 0 Å². The Morgan fingerprint density at radius 3 is 2.85 bits per heavy atom. The molecule has 0 atom stereocenters. The molecular weight excluding hydrogens is 318 g/mol. The highest BCUT2D eigenvalue weighted by atomic mass is 79.9. The van der Waals surface area contributed by atoms with Crippen molar-refractivity contribution in [2.45, 2.75) is 6.42 Å². The van der Waals surface area contributed by atoms with Gasteiger partial charge in [0, 0.05) is 11.4 Å². The summed E-state index contributed by atoms with van der Waals surface area (Å²) in [4.78, 5) is 12.1. The van der Waals surface area contributed by atoms with Crippen LogP contribution in [0.3, 0.4) is 0 Å². The molecule has 0 spiro atoms. The molecule has 1 rings (SSSR count). The van der Waals surface area contributed by atoms with Crippen molar-refractivity contribution in [1.82, 2.24) is 5.32 Å². The molecule has 1 amide bonds. The Hall–Kier alpha value is 0.130. The molecule has 0 aliphatic carbocycles. The van der Waals surface area contributed by atoms with Crippen molar-refractivity contribution in [1.29, 1.82) is 0 Å². The molecule has 1 aromatic heterocycles. The number of carbonyl (C=O) groups is 1. The number of hydrogen-bond acceptors (Lipinski definition) is 2. The van der Waals surface area contributed by atoms with Gasteiger partial charge in [-0.15, -0.1) is 11.3 Å². The summed E-state index contributed by atoms with van der Waals surface area (Å²) in [5, 5.41) is 3.17. The maximum absolute atomic E-state index is 10.8. The Kier molecular flexibility index (Phi) is 4.98. The first-order chi connectivity index (χ1) is 6.22. The largest absolute Gasteiger partial charge is 0.355 e. The first-order valence-electron chi connectivity index (χ1n) is 3.79. The monoisotopic (exact) mass is 325 g/mol. The molecule has 1 aromatic rings. The zero-order valence-corrected chi connectivity index (χ0v) is 10.8. The molecule has 0 saturated carbocycles. The number of rotatable bonds is 4. The number of amides is 1. The molecule has 1 N–H and O–H groups in total. The molecule has 5 heteroatoms. The zero-order chi connectivity index (χ0) is 9.68. The molecule has 2 nitrogen and oxygen atoms in total. The number of nitrogens with one attached hydrogen (secondary N) is 1. The predicted molar refractivity (Wildman–Crippen MR) is 62.5 cm³/mol. The fourth-order valence-corrected chi connectivity index (χ4v) is 2.54. The van der Waals surface area contributed by atoms with Gasteiger partial charge in [0.25, 0.3) is 0 Å². The van der Waals surface area contributed by atoms with Crippen LogP contribution in [-0.2, 0) is 11.2 Å². The minimum Gasteiger partial charge on any atom is -0.355 e. The average molecular weight is 327 g/mol. The summed E-state index contributed by atoms with van der Waals surface area (Å²) in [7, 11) is 0. The van der Waals surface area contributed by atoms with Gasteiger partial charge in [0.2, 0.25) is 5.91 Å². The van der Waals surface area contributed by atoms with E-state index in [4.69, 9.17) is 0 Å². The van der Waals surface area contributed by atoms with Crippen LogP contribution in [0.15, 0.2) is 15.9 Å². The van der Waals surface area contributed by atoms with Gasteiger partial charge in [0.1, 0.15) is 0 Å². The third-order valence-corrected chi connectivity index (χ3v) is 3.64. The van der Waals surface area contributed by atoms with Crippen molar-refractivity contribution >= 4 is 49.1 Å². The molecule has 72 valence electrons. The Balaban J connectivity index is 2.24. The van der Waals surface area contributed by atoms with E-state index in [-0.39, 0.29) is 5.91 Å². The fraction of sp³-hybridized carbons (Fsp3) is 0.375. The second kappa shape index (κ2) is 5.78. The molecule has 0 fully saturated rings. The van der Waals surface area contributed by atoms with Crippen molar-refractivity contribution in [3.63, 3.8) is 0 Å². The lowest BCUT2D eigenvalue weighted by Gasteiger charge is -2.00. The number of thiophene rings is 1. The smallest absolute Gasteiger partial charge is 0.230 e. The van der Waals surface area contributed by atoms with E-state index in [1.54, 1.807) is 11.3 Å².